The van der Waals surface area contributed by atoms with Crippen molar-refractivity contribution < 1.29 is 9.53 Å². The van der Waals surface area contributed by atoms with Crippen molar-refractivity contribution in [3.8, 4) is 5.75 Å². The van der Waals surface area contributed by atoms with Gasteiger partial charge in [-0.15, -0.1) is 0 Å². The van der Waals surface area contributed by atoms with E-state index in [9.17, 15) is 4.79 Å². The van der Waals surface area contributed by atoms with E-state index in [1.54, 1.807) is 18.5 Å². The maximum Gasteiger partial charge on any atom is 0.323 e. The van der Waals surface area contributed by atoms with Gasteiger partial charge in [-0.25, -0.2) is 14.8 Å². The molecule has 2 amide bonds. The molecule has 0 radical (unpaired) electrons. The largest absolute Gasteiger partial charge is 0.492 e. The number of hydrogen-bond acceptors (Lipinski definition) is 5. The van der Waals surface area contributed by atoms with E-state index in [1.807, 2.05) is 25.1 Å². The number of ether oxygens (including phenoxy) is 1. The zero-order valence-corrected chi connectivity index (χ0v) is 13.7. The summed E-state index contributed by atoms with van der Waals surface area (Å²) in [7, 11) is 0. The van der Waals surface area contributed by atoms with E-state index in [1.165, 1.54) is 12.8 Å². The molecule has 2 aromatic rings. The number of para-hydroxylation sites is 2. The molecule has 1 fully saturated rings. The van der Waals surface area contributed by atoms with Gasteiger partial charge in [0.25, 0.3) is 0 Å². The van der Waals surface area contributed by atoms with Gasteiger partial charge >= 0.3 is 6.03 Å². The molecule has 0 saturated carbocycles. The Hall–Kier alpha value is -2.83. The van der Waals surface area contributed by atoms with Crippen LogP contribution in [0.2, 0.25) is 0 Å². The summed E-state index contributed by atoms with van der Waals surface area (Å²) in [5, 5.41) is 5.50. The normalized spacial score (nSPS) is 13.6. The van der Waals surface area contributed by atoms with Crippen molar-refractivity contribution in [2.75, 3.05) is 35.2 Å². The second-order valence-corrected chi connectivity index (χ2v) is 5.47. The summed E-state index contributed by atoms with van der Waals surface area (Å²) in [5.41, 5.74) is 1.16. The highest BCUT2D eigenvalue weighted by molar-refractivity contribution is 6.00. The van der Waals surface area contributed by atoms with Gasteiger partial charge in [0.1, 0.15) is 5.75 Å². The van der Waals surface area contributed by atoms with Crippen LogP contribution in [-0.4, -0.2) is 35.7 Å². The fourth-order valence-electron chi connectivity index (χ4n) is 2.60. The van der Waals surface area contributed by atoms with Crippen LogP contribution in [0.25, 0.3) is 0 Å². The van der Waals surface area contributed by atoms with Crippen molar-refractivity contribution in [1.82, 2.24) is 9.97 Å². The molecule has 0 aliphatic carbocycles. The predicted octanol–water partition coefficient (Wildman–Crippen LogP) is 3.12. The van der Waals surface area contributed by atoms with Crippen molar-refractivity contribution >= 4 is 23.4 Å². The zero-order chi connectivity index (χ0) is 16.8. The molecule has 0 bridgehead atoms. The number of urea groups is 1. The highest BCUT2D eigenvalue weighted by atomic mass is 16.5. The number of aromatic nitrogens is 2. The summed E-state index contributed by atoms with van der Waals surface area (Å²) >= 11 is 0. The van der Waals surface area contributed by atoms with Crippen molar-refractivity contribution in [1.29, 1.82) is 0 Å². The molecule has 0 atom stereocenters. The van der Waals surface area contributed by atoms with Crippen LogP contribution >= 0.6 is 0 Å². The van der Waals surface area contributed by atoms with E-state index in [-0.39, 0.29) is 6.03 Å². The van der Waals surface area contributed by atoms with Gasteiger partial charge in [0.15, 0.2) is 0 Å². The first-order chi connectivity index (χ1) is 11.8. The zero-order valence-electron chi connectivity index (χ0n) is 13.7. The molecule has 2 heterocycles. The highest BCUT2D eigenvalue weighted by Crippen LogP contribution is 2.24. The van der Waals surface area contributed by atoms with Crippen LogP contribution in [0.1, 0.15) is 19.8 Å². The Morgan fingerprint density at radius 2 is 1.88 bits per heavy atom. The molecule has 1 aromatic carbocycles. The lowest BCUT2D eigenvalue weighted by Crippen LogP contribution is -2.22. The third kappa shape index (κ3) is 3.92. The van der Waals surface area contributed by atoms with Crippen LogP contribution in [-0.2, 0) is 0 Å². The molecule has 3 rings (SSSR count). The second-order valence-electron chi connectivity index (χ2n) is 5.47. The Morgan fingerprint density at radius 3 is 2.58 bits per heavy atom. The smallest absolute Gasteiger partial charge is 0.323 e. The molecule has 7 nitrogen and oxygen atoms in total. The maximum absolute atomic E-state index is 12.1. The Balaban J connectivity index is 1.60. The lowest BCUT2D eigenvalue weighted by Gasteiger charge is -2.15. The minimum atomic E-state index is -0.361. The molecule has 1 aliphatic rings. The topological polar surface area (TPSA) is 79.4 Å². The van der Waals surface area contributed by atoms with Crippen LogP contribution in [0.15, 0.2) is 36.7 Å². The van der Waals surface area contributed by atoms with Gasteiger partial charge in [-0.3, -0.25) is 0 Å². The monoisotopic (exact) mass is 327 g/mol. The van der Waals surface area contributed by atoms with Crippen molar-refractivity contribution in [3.63, 3.8) is 0 Å². The SMILES string of the molecule is CCOc1ccccc1NC(=O)Nc1cnc(N2CCCC2)nc1. The molecule has 126 valence electrons. The van der Waals surface area contributed by atoms with Gasteiger partial charge in [0.05, 0.1) is 30.4 Å². The number of carbonyl (C=O) groups excluding carboxylic acids is 1. The number of anilines is 3. The standard InChI is InChI=1S/C17H21N5O2/c1-2-24-15-8-4-3-7-14(15)21-17(23)20-13-11-18-16(19-12-13)22-9-5-6-10-22/h3-4,7-8,11-12H,2,5-6,9-10H2,1H3,(H2,20,21,23). The summed E-state index contributed by atoms with van der Waals surface area (Å²) < 4.78 is 5.49. The van der Waals surface area contributed by atoms with Gasteiger partial charge in [-0.2, -0.15) is 0 Å². The quantitative estimate of drug-likeness (QED) is 0.882. The average molecular weight is 327 g/mol. The fourth-order valence-corrected chi connectivity index (χ4v) is 2.60. The number of rotatable bonds is 5. The fraction of sp³-hybridized carbons (Fsp3) is 0.353. The summed E-state index contributed by atoms with van der Waals surface area (Å²) in [6, 6.07) is 6.94. The lowest BCUT2D eigenvalue weighted by atomic mass is 10.3. The first-order valence-electron chi connectivity index (χ1n) is 8.13. The summed E-state index contributed by atoms with van der Waals surface area (Å²) in [6.07, 6.45) is 5.58. The molecule has 24 heavy (non-hydrogen) atoms. The van der Waals surface area contributed by atoms with E-state index < -0.39 is 0 Å². The number of nitrogens with zero attached hydrogens (tertiary/aromatic N) is 3. The van der Waals surface area contributed by atoms with E-state index >= 15 is 0 Å². The van der Waals surface area contributed by atoms with Crippen LogP contribution < -0.4 is 20.3 Å². The second kappa shape index (κ2) is 7.63. The average Bonchev–Trinajstić information content (AvgIpc) is 3.12. The van der Waals surface area contributed by atoms with Gasteiger partial charge in [0, 0.05) is 13.1 Å². The summed E-state index contributed by atoms with van der Waals surface area (Å²) in [5.74, 6) is 1.34. The maximum atomic E-state index is 12.1. The molecule has 0 spiro atoms. The van der Waals surface area contributed by atoms with Gasteiger partial charge in [-0.1, -0.05) is 12.1 Å². The number of nitrogens with one attached hydrogen (secondary N) is 2. The molecule has 7 heteroatoms. The van der Waals surface area contributed by atoms with Gasteiger partial charge in [-0.05, 0) is 31.9 Å². The van der Waals surface area contributed by atoms with Crippen LogP contribution in [0.3, 0.4) is 0 Å². The van der Waals surface area contributed by atoms with E-state index in [0.717, 1.165) is 13.1 Å². The number of hydrogen-bond donors (Lipinski definition) is 2. The number of amides is 2. The molecule has 1 saturated heterocycles. The first kappa shape index (κ1) is 16.0. The molecule has 0 unspecified atom stereocenters. The Morgan fingerprint density at radius 1 is 1.17 bits per heavy atom. The molecular weight excluding hydrogens is 306 g/mol. The molecular formula is C17H21N5O2. The van der Waals surface area contributed by atoms with Crippen molar-refractivity contribution in [3.05, 3.63) is 36.7 Å². The van der Waals surface area contributed by atoms with E-state index in [0.29, 0.717) is 29.7 Å². The minimum absolute atomic E-state index is 0.361. The Labute approximate surface area is 141 Å². The van der Waals surface area contributed by atoms with Gasteiger partial charge in [0.2, 0.25) is 5.95 Å². The molecule has 1 aromatic heterocycles. The molecule has 2 N–H and O–H groups in total. The summed E-state index contributed by atoms with van der Waals surface area (Å²) in [4.78, 5) is 22.9. The lowest BCUT2D eigenvalue weighted by molar-refractivity contribution is 0.262. The Kier molecular flexibility index (Phi) is 5.10. The van der Waals surface area contributed by atoms with Crippen LogP contribution in [0.4, 0.5) is 22.1 Å². The minimum Gasteiger partial charge on any atom is -0.492 e. The van der Waals surface area contributed by atoms with Gasteiger partial charge < -0.3 is 20.3 Å². The third-order valence-corrected chi connectivity index (χ3v) is 3.72. The molecule has 1 aliphatic heterocycles. The highest BCUT2D eigenvalue weighted by Gasteiger charge is 2.14. The summed E-state index contributed by atoms with van der Waals surface area (Å²) in [6.45, 7) is 4.41. The number of benzene rings is 1. The van der Waals surface area contributed by atoms with Crippen molar-refractivity contribution in [2.24, 2.45) is 0 Å². The van der Waals surface area contributed by atoms with E-state index in [2.05, 4.69) is 25.5 Å². The Bertz CT molecular complexity index is 684. The predicted molar refractivity (Wildman–Crippen MR) is 93.7 cm³/mol. The van der Waals surface area contributed by atoms with E-state index in [4.69, 9.17) is 4.74 Å². The number of carbonyl (C=O) groups is 1. The third-order valence-electron chi connectivity index (χ3n) is 3.72. The van der Waals surface area contributed by atoms with Crippen molar-refractivity contribution in [2.45, 2.75) is 19.8 Å². The van der Waals surface area contributed by atoms with Crippen LogP contribution in [0.5, 0.6) is 5.75 Å². The first-order valence-corrected chi connectivity index (χ1v) is 8.13. The van der Waals surface area contributed by atoms with Crippen LogP contribution in [0, 0.1) is 0 Å².